The third kappa shape index (κ3) is 5.59. The molecule has 0 radical (unpaired) electrons. The fourth-order valence-corrected chi connectivity index (χ4v) is 2.15. The first kappa shape index (κ1) is 16.0. The molecule has 1 aromatic carbocycles. The van der Waals surface area contributed by atoms with Crippen molar-refractivity contribution in [3.8, 4) is 5.75 Å². The van der Waals surface area contributed by atoms with Gasteiger partial charge in [0.2, 0.25) is 0 Å². The number of benzene rings is 1. The highest BCUT2D eigenvalue weighted by atomic mass is 16.5. The predicted octanol–water partition coefficient (Wildman–Crippen LogP) is 2.19. The van der Waals surface area contributed by atoms with Gasteiger partial charge in [-0.2, -0.15) is 0 Å². The Balaban J connectivity index is 2.56. The van der Waals surface area contributed by atoms with Crippen molar-refractivity contribution in [2.45, 2.75) is 39.2 Å². The highest BCUT2D eigenvalue weighted by molar-refractivity contribution is 5.37. The number of ether oxygens (including phenoxy) is 2. The van der Waals surface area contributed by atoms with Crippen molar-refractivity contribution in [1.29, 1.82) is 0 Å². The minimum atomic E-state index is 0.246. The maximum absolute atomic E-state index is 5.63. The lowest BCUT2D eigenvalue weighted by molar-refractivity contribution is 0.140. The molecule has 108 valence electrons. The lowest BCUT2D eigenvalue weighted by Gasteiger charge is -2.18. The molecule has 0 saturated carbocycles. The first-order valence-corrected chi connectivity index (χ1v) is 6.88. The maximum atomic E-state index is 5.63. The number of aryl methyl sites for hydroxylation is 1. The fraction of sp³-hybridized carbons (Fsp3) is 0.600. The smallest absolute Gasteiger partial charge is 0.122 e. The second-order valence-corrected chi connectivity index (χ2v) is 4.72. The Morgan fingerprint density at radius 1 is 1.37 bits per heavy atom. The zero-order valence-electron chi connectivity index (χ0n) is 12.2. The minimum absolute atomic E-state index is 0.246. The molecule has 0 bridgehead atoms. The zero-order valence-corrected chi connectivity index (χ0v) is 12.2. The Hall–Kier alpha value is -1.10. The van der Waals surface area contributed by atoms with Crippen molar-refractivity contribution in [3.05, 3.63) is 29.3 Å². The maximum Gasteiger partial charge on any atom is 0.122 e. The minimum Gasteiger partial charge on any atom is -0.496 e. The van der Waals surface area contributed by atoms with Crippen molar-refractivity contribution < 1.29 is 9.47 Å². The summed E-state index contributed by atoms with van der Waals surface area (Å²) in [4.78, 5) is 0. The Labute approximate surface area is 116 Å². The summed E-state index contributed by atoms with van der Waals surface area (Å²) in [7, 11) is 1.70. The first-order valence-electron chi connectivity index (χ1n) is 6.88. The van der Waals surface area contributed by atoms with Gasteiger partial charge in [0.15, 0.2) is 0 Å². The average molecular weight is 266 g/mol. The molecule has 0 aliphatic rings. The molecule has 4 heteroatoms. The van der Waals surface area contributed by atoms with Crippen LogP contribution < -0.4 is 16.0 Å². The number of hydrazine groups is 1. The Bertz CT molecular complexity index is 369. The lowest BCUT2D eigenvalue weighted by atomic mass is 10.00. The summed E-state index contributed by atoms with van der Waals surface area (Å²) in [5.74, 6) is 6.56. The molecule has 1 atom stereocenters. The van der Waals surface area contributed by atoms with Gasteiger partial charge in [0.05, 0.1) is 7.11 Å². The monoisotopic (exact) mass is 266 g/mol. The van der Waals surface area contributed by atoms with Gasteiger partial charge in [-0.05, 0) is 44.7 Å². The van der Waals surface area contributed by atoms with Gasteiger partial charge in [-0.3, -0.25) is 11.3 Å². The van der Waals surface area contributed by atoms with Crippen LogP contribution >= 0.6 is 0 Å². The van der Waals surface area contributed by atoms with Crippen LogP contribution in [0, 0.1) is 6.92 Å². The van der Waals surface area contributed by atoms with E-state index >= 15 is 0 Å². The molecule has 0 saturated heterocycles. The van der Waals surface area contributed by atoms with Crippen LogP contribution in [0.4, 0.5) is 0 Å². The molecule has 0 aliphatic carbocycles. The van der Waals surface area contributed by atoms with Gasteiger partial charge in [-0.25, -0.2) is 0 Å². The highest BCUT2D eigenvalue weighted by Gasteiger charge is 2.11. The normalized spacial score (nSPS) is 12.4. The topological polar surface area (TPSA) is 56.5 Å². The summed E-state index contributed by atoms with van der Waals surface area (Å²) in [5, 5.41) is 0. The SMILES string of the molecule is CCOCCCC(Cc1cc(C)ccc1OC)NN. The van der Waals surface area contributed by atoms with Crippen molar-refractivity contribution in [3.63, 3.8) is 0 Å². The van der Waals surface area contributed by atoms with Crippen LogP contribution in [-0.2, 0) is 11.2 Å². The van der Waals surface area contributed by atoms with Gasteiger partial charge in [-0.15, -0.1) is 0 Å². The highest BCUT2D eigenvalue weighted by Crippen LogP contribution is 2.22. The second-order valence-electron chi connectivity index (χ2n) is 4.72. The molecule has 3 N–H and O–H groups in total. The summed E-state index contributed by atoms with van der Waals surface area (Å²) in [6, 6.07) is 6.48. The molecule has 0 heterocycles. The van der Waals surface area contributed by atoms with E-state index in [9.17, 15) is 0 Å². The van der Waals surface area contributed by atoms with E-state index in [1.165, 1.54) is 11.1 Å². The van der Waals surface area contributed by atoms with Crippen molar-refractivity contribution >= 4 is 0 Å². The van der Waals surface area contributed by atoms with E-state index in [1.54, 1.807) is 7.11 Å². The molecule has 0 aromatic heterocycles. The molecular formula is C15H26N2O2. The van der Waals surface area contributed by atoms with Crippen LogP contribution in [0.2, 0.25) is 0 Å². The van der Waals surface area contributed by atoms with Gasteiger partial charge in [0.1, 0.15) is 5.75 Å². The number of hydrogen-bond donors (Lipinski definition) is 2. The zero-order chi connectivity index (χ0) is 14.1. The van der Waals surface area contributed by atoms with Gasteiger partial charge < -0.3 is 9.47 Å². The fourth-order valence-electron chi connectivity index (χ4n) is 2.15. The van der Waals surface area contributed by atoms with E-state index in [2.05, 4.69) is 24.5 Å². The second kappa shape index (κ2) is 8.91. The third-order valence-electron chi connectivity index (χ3n) is 3.18. The van der Waals surface area contributed by atoms with Gasteiger partial charge in [-0.1, -0.05) is 17.7 Å². The van der Waals surface area contributed by atoms with Crippen LogP contribution in [0.25, 0.3) is 0 Å². The molecule has 1 aromatic rings. The van der Waals surface area contributed by atoms with Crippen molar-refractivity contribution in [2.75, 3.05) is 20.3 Å². The lowest BCUT2D eigenvalue weighted by Crippen LogP contribution is -2.37. The van der Waals surface area contributed by atoms with Crippen LogP contribution in [-0.4, -0.2) is 26.4 Å². The Morgan fingerprint density at radius 2 is 2.16 bits per heavy atom. The van der Waals surface area contributed by atoms with Crippen molar-refractivity contribution in [1.82, 2.24) is 5.43 Å². The van der Waals surface area contributed by atoms with Gasteiger partial charge >= 0.3 is 0 Å². The number of methoxy groups -OCH3 is 1. The molecule has 1 rings (SSSR count). The van der Waals surface area contributed by atoms with Gasteiger partial charge in [0.25, 0.3) is 0 Å². The van der Waals surface area contributed by atoms with E-state index in [1.807, 2.05) is 13.0 Å². The summed E-state index contributed by atoms with van der Waals surface area (Å²) < 4.78 is 10.7. The van der Waals surface area contributed by atoms with Gasteiger partial charge in [0, 0.05) is 19.3 Å². The summed E-state index contributed by atoms with van der Waals surface area (Å²) in [6.45, 7) is 5.66. The van der Waals surface area contributed by atoms with Crippen LogP contribution in [0.1, 0.15) is 30.9 Å². The Morgan fingerprint density at radius 3 is 2.79 bits per heavy atom. The number of rotatable bonds is 9. The van der Waals surface area contributed by atoms with Crippen LogP contribution in [0.5, 0.6) is 5.75 Å². The standard InChI is InChI=1S/C15H26N2O2/c1-4-19-9-5-6-14(17-16)11-13-10-12(2)7-8-15(13)18-3/h7-8,10,14,17H,4-6,9,11,16H2,1-3H3. The van der Waals surface area contributed by atoms with Crippen molar-refractivity contribution in [2.24, 2.45) is 5.84 Å². The molecule has 0 spiro atoms. The molecule has 0 aliphatic heterocycles. The molecule has 4 nitrogen and oxygen atoms in total. The predicted molar refractivity (Wildman–Crippen MR) is 78.3 cm³/mol. The van der Waals surface area contributed by atoms with Crippen LogP contribution in [0.3, 0.4) is 0 Å². The molecule has 0 amide bonds. The molecule has 1 unspecified atom stereocenters. The summed E-state index contributed by atoms with van der Waals surface area (Å²) in [6.07, 6.45) is 2.87. The average Bonchev–Trinajstić information content (AvgIpc) is 2.42. The number of hydrogen-bond acceptors (Lipinski definition) is 4. The summed E-state index contributed by atoms with van der Waals surface area (Å²) >= 11 is 0. The molecule has 0 fully saturated rings. The first-order chi connectivity index (χ1) is 9.21. The largest absolute Gasteiger partial charge is 0.496 e. The van der Waals surface area contributed by atoms with E-state index in [-0.39, 0.29) is 6.04 Å². The van der Waals surface area contributed by atoms with E-state index in [0.29, 0.717) is 0 Å². The van der Waals surface area contributed by atoms with Crippen LogP contribution in [0.15, 0.2) is 18.2 Å². The quantitative estimate of drug-likeness (QED) is 0.409. The number of nitrogens with one attached hydrogen (secondary N) is 1. The summed E-state index contributed by atoms with van der Waals surface area (Å²) in [5.41, 5.74) is 5.32. The van der Waals surface area contributed by atoms with E-state index in [0.717, 1.165) is 38.2 Å². The molecule has 19 heavy (non-hydrogen) atoms. The molecular weight excluding hydrogens is 240 g/mol. The third-order valence-corrected chi connectivity index (χ3v) is 3.18. The van der Waals surface area contributed by atoms with E-state index < -0.39 is 0 Å². The Kier molecular flexibility index (Phi) is 7.48. The van der Waals surface area contributed by atoms with E-state index in [4.69, 9.17) is 15.3 Å². The number of nitrogens with two attached hydrogens (primary N) is 1.